The third kappa shape index (κ3) is 8.46. The number of likely N-dealkylation sites (N-methyl/N-ethyl adjacent to an activating group) is 1. The number of benzene rings is 3. The summed E-state index contributed by atoms with van der Waals surface area (Å²) in [6, 6.07) is 21.0. The minimum absolute atomic E-state index is 0.0173. The number of nitrogens with zero attached hydrogens (tertiary/aromatic N) is 2. The van der Waals surface area contributed by atoms with Crippen LogP contribution in [0.15, 0.2) is 72.8 Å². The maximum atomic E-state index is 13.8. The fourth-order valence-electron chi connectivity index (χ4n) is 4.48. The van der Waals surface area contributed by atoms with Crippen molar-refractivity contribution < 1.29 is 18.0 Å². The highest BCUT2D eigenvalue weighted by molar-refractivity contribution is 7.92. The van der Waals surface area contributed by atoms with Gasteiger partial charge in [0, 0.05) is 48.6 Å². The third-order valence-electron chi connectivity index (χ3n) is 6.69. The van der Waals surface area contributed by atoms with Crippen LogP contribution in [-0.4, -0.2) is 51.0 Å². The van der Waals surface area contributed by atoms with Gasteiger partial charge in [0.1, 0.15) is 6.04 Å². The van der Waals surface area contributed by atoms with Crippen LogP contribution in [0.5, 0.6) is 0 Å². The minimum atomic E-state index is -3.58. The van der Waals surface area contributed by atoms with Crippen molar-refractivity contribution >= 4 is 50.7 Å². The number of rotatable bonds is 13. The average Bonchev–Trinajstić information content (AvgIpc) is 2.93. The van der Waals surface area contributed by atoms with Gasteiger partial charge in [-0.25, -0.2) is 8.42 Å². The van der Waals surface area contributed by atoms with E-state index < -0.39 is 16.1 Å². The molecule has 1 N–H and O–H groups in total. The van der Waals surface area contributed by atoms with E-state index in [-0.39, 0.29) is 44.2 Å². The van der Waals surface area contributed by atoms with Crippen LogP contribution in [0.4, 0.5) is 5.69 Å². The van der Waals surface area contributed by atoms with Crippen molar-refractivity contribution in [2.75, 3.05) is 24.2 Å². The molecule has 0 radical (unpaired) electrons. The highest BCUT2D eigenvalue weighted by Gasteiger charge is 2.31. The van der Waals surface area contributed by atoms with Crippen molar-refractivity contribution in [1.82, 2.24) is 10.2 Å². The van der Waals surface area contributed by atoms with E-state index in [1.807, 2.05) is 49.4 Å². The summed E-state index contributed by atoms with van der Waals surface area (Å²) in [5.74, 6) is -0.635. The summed E-state index contributed by atoms with van der Waals surface area (Å²) in [6.07, 6.45) is 2.54. The highest BCUT2D eigenvalue weighted by Crippen LogP contribution is 2.28. The number of halogens is 2. The maximum Gasteiger partial charge on any atom is 0.242 e. The molecule has 0 spiro atoms. The fourth-order valence-corrected chi connectivity index (χ4v) is 5.96. The first-order valence-corrected chi connectivity index (χ1v) is 15.7. The van der Waals surface area contributed by atoms with Crippen LogP contribution in [0.3, 0.4) is 0 Å². The van der Waals surface area contributed by atoms with Gasteiger partial charge in [0.05, 0.1) is 11.9 Å². The quantitative estimate of drug-likeness (QED) is 0.280. The lowest BCUT2D eigenvalue weighted by molar-refractivity contribution is -0.141. The molecule has 0 saturated heterocycles. The van der Waals surface area contributed by atoms with Gasteiger partial charge >= 0.3 is 0 Å². The summed E-state index contributed by atoms with van der Waals surface area (Å²) in [5.41, 5.74) is 3.06. The molecule has 40 heavy (non-hydrogen) atoms. The molecule has 3 aromatic rings. The molecule has 0 saturated carbocycles. The Hall–Kier alpha value is -3.07. The van der Waals surface area contributed by atoms with Crippen LogP contribution >= 0.6 is 23.2 Å². The van der Waals surface area contributed by atoms with Crippen molar-refractivity contribution in [3.63, 3.8) is 0 Å². The molecular weight excluding hydrogens is 569 g/mol. The fraction of sp³-hybridized carbons (Fsp3) is 0.333. The number of anilines is 1. The monoisotopic (exact) mass is 603 g/mol. The zero-order chi connectivity index (χ0) is 29.3. The van der Waals surface area contributed by atoms with E-state index in [1.54, 1.807) is 30.3 Å². The average molecular weight is 605 g/mol. The number of hydrogen-bond donors (Lipinski definition) is 1. The van der Waals surface area contributed by atoms with Crippen LogP contribution < -0.4 is 9.62 Å². The molecule has 0 aromatic heterocycles. The van der Waals surface area contributed by atoms with E-state index in [1.165, 1.54) is 16.3 Å². The first-order valence-electron chi connectivity index (χ1n) is 13.1. The van der Waals surface area contributed by atoms with E-state index >= 15 is 0 Å². The molecule has 0 aliphatic heterocycles. The van der Waals surface area contributed by atoms with Gasteiger partial charge in [0.2, 0.25) is 21.8 Å². The summed E-state index contributed by atoms with van der Waals surface area (Å²) in [6.45, 7) is 2.16. The molecule has 0 fully saturated rings. The Balaban J connectivity index is 1.87. The summed E-state index contributed by atoms with van der Waals surface area (Å²) in [7, 11) is -2.05. The molecule has 3 aromatic carbocycles. The van der Waals surface area contributed by atoms with Crippen LogP contribution in [0.1, 0.15) is 36.5 Å². The van der Waals surface area contributed by atoms with Crippen LogP contribution in [0, 0.1) is 0 Å². The number of hydrogen-bond acceptors (Lipinski definition) is 4. The Labute approximate surface area is 247 Å². The Morgan fingerprint density at radius 2 is 1.52 bits per heavy atom. The summed E-state index contributed by atoms with van der Waals surface area (Å²) >= 11 is 12.9. The molecule has 214 valence electrons. The first kappa shape index (κ1) is 31.5. The van der Waals surface area contributed by atoms with Gasteiger partial charge in [-0.05, 0) is 48.2 Å². The number of amides is 2. The Kier molecular flexibility index (Phi) is 11.4. The molecule has 0 bridgehead atoms. The van der Waals surface area contributed by atoms with Gasteiger partial charge in [-0.15, -0.1) is 0 Å². The Bertz CT molecular complexity index is 1380. The Morgan fingerprint density at radius 3 is 2.08 bits per heavy atom. The number of aryl methyl sites for hydroxylation is 1. The van der Waals surface area contributed by atoms with Gasteiger partial charge in [-0.3, -0.25) is 13.9 Å². The molecule has 2 amide bonds. The largest absolute Gasteiger partial charge is 0.357 e. The topological polar surface area (TPSA) is 86.8 Å². The molecule has 0 aliphatic rings. The first-order chi connectivity index (χ1) is 19.0. The predicted molar refractivity (Wildman–Crippen MR) is 162 cm³/mol. The van der Waals surface area contributed by atoms with Crippen molar-refractivity contribution in [3.05, 3.63) is 99.5 Å². The second-order valence-electron chi connectivity index (χ2n) is 9.50. The van der Waals surface area contributed by atoms with Gasteiger partial charge in [-0.1, -0.05) is 78.7 Å². The van der Waals surface area contributed by atoms with E-state index in [9.17, 15) is 18.0 Å². The van der Waals surface area contributed by atoms with Crippen molar-refractivity contribution in [3.8, 4) is 0 Å². The maximum absolute atomic E-state index is 13.8. The SMILES string of the molecule is CCc1ccc(N(CCCC(=O)N(Cc2c(Cl)cccc2Cl)[C@H](Cc2ccccc2)C(=O)NC)S(C)(=O)=O)cc1. The standard InChI is InChI=1S/C30H35Cl2N3O4S/c1-4-22-15-17-24(18-16-22)35(40(3,38)39)19-9-14-29(36)34(21-25-26(31)12-8-13-27(25)32)28(30(37)33-2)20-23-10-6-5-7-11-23/h5-8,10-13,15-18,28H,4,9,14,19-21H2,1-3H3,(H,33,37)/t28-/m1/s1. The molecular formula is C30H35Cl2N3O4S. The molecule has 1 atom stereocenters. The van der Waals surface area contributed by atoms with Crippen LogP contribution in [0.2, 0.25) is 10.0 Å². The summed E-state index contributed by atoms with van der Waals surface area (Å²) in [5, 5.41) is 3.45. The summed E-state index contributed by atoms with van der Waals surface area (Å²) in [4.78, 5) is 28.4. The normalized spacial score (nSPS) is 12.0. The van der Waals surface area contributed by atoms with Gasteiger partial charge < -0.3 is 10.2 Å². The van der Waals surface area contributed by atoms with Crippen molar-refractivity contribution in [2.24, 2.45) is 0 Å². The molecule has 10 heteroatoms. The second-order valence-corrected chi connectivity index (χ2v) is 12.2. The zero-order valence-electron chi connectivity index (χ0n) is 22.9. The van der Waals surface area contributed by atoms with Crippen molar-refractivity contribution in [1.29, 1.82) is 0 Å². The van der Waals surface area contributed by atoms with E-state index in [0.717, 1.165) is 23.8 Å². The third-order valence-corrected chi connectivity index (χ3v) is 8.59. The number of sulfonamides is 1. The molecule has 0 unspecified atom stereocenters. The van der Waals surface area contributed by atoms with Gasteiger partial charge in [-0.2, -0.15) is 0 Å². The van der Waals surface area contributed by atoms with Gasteiger partial charge in [0.15, 0.2) is 0 Å². The van der Waals surface area contributed by atoms with E-state index in [4.69, 9.17) is 23.2 Å². The van der Waals surface area contributed by atoms with Crippen LogP contribution in [0.25, 0.3) is 0 Å². The predicted octanol–water partition coefficient (Wildman–Crippen LogP) is 5.49. The number of carbonyl (C=O) groups is 2. The molecule has 0 aliphatic carbocycles. The van der Waals surface area contributed by atoms with Crippen LogP contribution in [-0.2, 0) is 39.0 Å². The number of nitrogens with one attached hydrogen (secondary N) is 1. The smallest absolute Gasteiger partial charge is 0.242 e. The lowest BCUT2D eigenvalue weighted by atomic mass is 10.0. The second kappa shape index (κ2) is 14.5. The molecule has 0 heterocycles. The number of carbonyl (C=O) groups excluding carboxylic acids is 2. The van der Waals surface area contributed by atoms with Crippen molar-refractivity contribution in [2.45, 2.75) is 45.2 Å². The zero-order valence-corrected chi connectivity index (χ0v) is 25.3. The van der Waals surface area contributed by atoms with E-state index in [0.29, 0.717) is 21.3 Å². The van der Waals surface area contributed by atoms with Gasteiger partial charge in [0.25, 0.3) is 0 Å². The Morgan fingerprint density at radius 1 is 0.900 bits per heavy atom. The molecule has 3 rings (SSSR count). The van der Waals surface area contributed by atoms with E-state index in [2.05, 4.69) is 5.32 Å². The lowest BCUT2D eigenvalue weighted by Crippen LogP contribution is -2.50. The summed E-state index contributed by atoms with van der Waals surface area (Å²) < 4.78 is 26.5. The lowest BCUT2D eigenvalue weighted by Gasteiger charge is -2.32. The minimum Gasteiger partial charge on any atom is -0.357 e. The highest BCUT2D eigenvalue weighted by atomic mass is 35.5. The molecule has 7 nitrogen and oxygen atoms in total.